The molecule has 114 valence electrons. The average Bonchev–Trinajstić information content (AvgIpc) is 3.03. The van der Waals surface area contributed by atoms with Gasteiger partial charge in [-0.05, 0) is 63.7 Å². The smallest absolute Gasteiger partial charge is 0.119 e. The largest absolute Gasteiger partial charge is 0.494 e. The number of nitriles is 1. The number of hydrogen-bond acceptors (Lipinski definition) is 4. The predicted octanol–water partition coefficient (Wildman–Crippen LogP) is 2.35. The lowest BCUT2D eigenvalue weighted by atomic mass is 10.2. The highest BCUT2D eigenvalue weighted by atomic mass is 16.5. The zero-order valence-electron chi connectivity index (χ0n) is 12.9. The van der Waals surface area contributed by atoms with E-state index in [-0.39, 0.29) is 0 Å². The lowest BCUT2D eigenvalue weighted by Crippen LogP contribution is -2.32. The minimum Gasteiger partial charge on any atom is -0.494 e. The molecule has 0 aliphatic carbocycles. The third-order valence-corrected chi connectivity index (χ3v) is 3.93. The van der Waals surface area contributed by atoms with E-state index >= 15 is 0 Å². The number of likely N-dealkylation sites (N-methyl/N-ethyl adjacent to an activating group) is 1. The molecule has 0 spiro atoms. The van der Waals surface area contributed by atoms with E-state index in [1.165, 1.54) is 32.5 Å². The summed E-state index contributed by atoms with van der Waals surface area (Å²) >= 11 is 0. The van der Waals surface area contributed by atoms with Crippen LogP contribution < -0.4 is 4.74 Å². The van der Waals surface area contributed by atoms with Crippen molar-refractivity contribution in [2.24, 2.45) is 0 Å². The Bertz CT molecular complexity index is 446. The molecule has 0 radical (unpaired) electrons. The molecule has 1 aliphatic rings. The normalized spacial score (nSPS) is 15.3. The molecular formula is C17H25N3O. The highest BCUT2D eigenvalue weighted by Crippen LogP contribution is 2.11. The molecule has 0 atom stereocenters. The van der Waals surface area contributed by atoms with E-state index in [1.54, 1.807) is 12.1 Å². The molecule has 0 N–H and O–H groups in total. The summed E-state index contributed by atoms with van der Waals surface area (Å²) in [5, 5.41) is 8.73. The van der Waals surface area contributed by atoms with E-state index in [0.29, 0.717) is 5.56 Å². The maximum atomic E-state index is 8.73. The molecule has 0 unspecified atom stereocenters. The van der Waals surface area contributed by atoms with Crippen LogP contribution in [0.4, 0.5) is 0 Å². The molecule has 1 saturated heterocycles. The van der Waals surface area contributed by atoms with Gasteiger partial charge >= 0.3 is 0 Å². The fraction of sp³-hybridized carbons (Fsp3) is 0.588. The predicted molar refractivity (Wildman–Crippen MR) is 84.4 cm³/mol. The fourth-order valence-electron chi connectivity index (χ4n) is 2.58. The molecule has 1 aromatic carbocycles. The quantitative estimate of drug-likeness (QED) is 0.688. The van der Waals surface area contributed by atoms with Gasteiger partial charge in [0.2, 0.25) is 0 Å². The van der Waals surface area contributed by atoms with Gasteiger partial charge < -0.3 is 14.5 Å². The maximum absolute atomic E-state index is 8.73. The van der Waals surface area contributed by atoms with E-state index < -0.39 is 0 Å². The van der Waals surface area contributed by atoms with Gasteiger partial charge in [0.1, 0.15) is 5.75 Å². The number of hydrogen-bond donors (Lipinski definition) is 0. The monoisotopic (exact) mass is 287 g/mol. The first-order valence-electron chi connectivity index (χ1n) is 7.82. The molecule has 0 amide bonds. The first kappa shape index (κ1) is 15.8. The highest BCUT2D eigenvalue weighted by Gasteiger charge is 2.11. The van der Waals surface area contributed by atoms with Gasteiger partial charge in [0.25, 0.3) is 0 Å². The molecule has 0 bridgehead atoms. The van der Waals surface area contributed by atoms with Gasteiger partial charge in [-0.2, -0.15) is 5.26 Å². The summed E-state index contributed by atoms with van der Waals surface area (Å²) in [6, 6.07) is 9.40. The Morgan fingerprint density at radius 1 is 1.19 bits per heavy atom. The zero-order chi connectivity index (χ0) is 14.9. The SMILES string of the molecule is CN(CCCOc1ccc(C#N)cc1)CCN1CCCC1. The van der Waals surface area contributed by atoms with Crippen molar-refractivity contribution in [3.05, 3.63) is 29.8 Å². The molecule has 1 aliphatic heterocycles. The van der Waals surface area contributed by atoms with Gasteiger partial charge in [0.15, 0.2) is 0 Å². The fourth-order valence-corrected chi connectivity index (χ4v) is 2.58. The van der Waals surface area contributed by atoms with Crippen LogP contribution in [0.2, 0.25) is 0 Å². The number of likely N-dealkylation sites (tertiary alicyclic amines) is 1. The zero-order valence-corrected chi connectivity index (χ0v) is 12.9. The molecule has 1 aromatic rings. The van der Waals surface area contributed by atoms with Gasteiger partial charge in [-0.15, -0.1) is 0 Å². The average molecular weight is 287 g/mol. The summed E-state index contributed by atoms with van der Waals surface area (Å²) in [4.78, 5) is 4.92. The van der Waals surface area contributed by atoms with E-state index in [0.717, 1.165) is 31.9 Å². The first-order chi connectivity index (χ1) is 10.3. The van der Waals surface area contributed by atoms with E-state index in [4.69, 9.17) is 10.00 Å². The van der Waals surface area contributed by atoms with Gasteiger partial charge in [-0.3, -0.25) is 0 Å². The van der Waals surface area contributed by atoms with Crippen molar-refractivity contribution in [1.82, 2.24) is 9.80 Å². The summed E-state index contributed by atoms with van der Waals surface area (Å²) in [5.41, 5.74) is 0.670. The number of benzene rings is 1. The summed E-state index contributed by atoms with van der Waals surface area (Å²) in [5.74, 6) is 0.841. The Morgan fingerprint density at radius 3 is 2.57 bits per heavy atom. The van der Waals surface area contributed by atoms with Crippen molar-refractivity contribution in [2.45, 2.75) is 19.3 Å². The van der Waals surface area contributed by atoms with Gasteiger partial charge in [0.05, 0.1) is 18.2 Å². The van der Waals surface area contributed by atoms with Gasteiger partial charge in [0, 0.05) is 19.6 Å². The number of ether oxygens (including phenoxy) is 1. The van der Waals surface area contributed by atoms with Crippen molar-refractivity contribution < 1.29 is 4.74 Å². The molecule has 1 heterocycles. The molecule has 4 nitrogen and oxygen atoms in total. The second-order valence-electron chi connectivity index (χ2n) is 5.69. The Hall–Kier alpha value is -1.57. The third kappa shape index (κ3) is 5.74. The molecular weight excluding hydrogens is 262 g/mol. The van der Waals surface area contributed by atoms with E-state index in [1.807, 2.05) is 12.1 Å². The topological polar surface area (TPSA) is 39.5 Å². The number of nitrogens with zero attached hydrogens (tertiary/aromatic N) is 3. The lowest BCUT2D eigenvalue weighted by Gasteiger charge is -2.21. The standard InChI is InChI=1S/C17H25N3O/c1-19(12-13-20-10-2-3-11-20)9-4-14-21-17-7-5-16(15-18)6-8-17/h5-8H,2-4,9-14H2,1H3. The van der Waals surface area contributed by atoms with Crippen molar-refractivity contribution in [1.29, 1.82) is 5.26 Å². The molecule has 0 saturated carbocycles. The Balaban J connectivity index is 1.54. The van der Waals surface area contributed by atoms with Crippen LogP contribution in [0.3, 0.4) is 0 Å². The highest BCUT2D eigenvalue weighted by molar-refractivity contribution is 5.34. The second-order valence-corrected chi connectivity index (χ2v) is 5.69. The molecule has 1 fully saturated rings. The van der Waals surface area contributed by atoms with Crippen molar-refractivity contribution in [3.63, 3.8) is 0 Å². The number of rotatable bonds is 8. The Kier molecular flexibility index (Phi) is 6.52. The van der Waals surface area contributed by atoms with Crippen molar-refractivity contribution in [3.8, 4) is 11.8 Å². The Morgan fingerprint density at radius 2 is 1.90 bits per heavy atom. The molecule has 2 rings (SSSR count). The maximum Gasteiger partial charge on any atom is 0.119 e. The van der Waals surface area contributed by atoms with Crippen LogP contribution in [-0.2, 0) is 0 Å². The van der Waals surface area contributed by atoms with Crippen LogP contribution in [0.1, 0.15) is 24.8 Å². The first-order valence-corrected chi connectivity index (χ1v) is 7.82. The van der Waals surface area contributed by atoms with Crippen LogP contribution in [0.15, 0.2) is 24.3 Å². The van der Waals surface area contributed by atoms with Crippen LogP contribution in [0.25, 0.3) is 0 Å². The van der Waals surface area contributed by atoms with E-state index in [9.17, 15) is 0 Å². The van der Waals surface area contributed by atoms with Crippen LogP contribution in [-0.4, -0.2) is 56.2 Å². The Labute approximate surface area is 127 Å². The third-order valence-electron chi connectivity index (χ3n) is 3.93. The van der Waals surface area contributed by atoms with Crippen LogP contribution in [0, 0.1) is 11.3 Å². The van der Waals surface area contributed by atoms with Crippen LogP contribution in [0.5, 0.6) is 5.75 Å². The summed E-state index contributed by atoms with van der Waals surface area (Å²) < 4.78 is 5.69. The molecule has 4 heteroatoms. The van der Waals surface area contributed by atoms with E-state index in [2.05, 4.69) is 22.9 Å². The van der Waals surface area contributed by atoms with Crippen molar-refractivity contribution in [2.75, 3.05) is 46.4 Å². The van der Waals surface area contributed by atoms with Gasteiger partial charge in [-0.25, -0.2) is 0 Å². The minimum absolute atomic E-state index is 0.670. The van der Waals surface area contributed by atoms with Gasteiger partial charge in [-0.1, -0.05) is 0 Å². The van der Waals surface area contributed by atoms with Crippen molar-refractivity contribution >= 4 is 0 Å². The molecule has 21 heavy (non-hydrogen) atoms. The minimum atomic E-state index is 0.670. The summed E-state index contributed by atoms with van der Waals surface area (Å²) in [6.45, 7) is 6.65. The summed E-state index contributed by atoms with van der Waals surface area (Å²) in [7, 11) is 2.18. The van der Waals surface area contributed by atoms with Crippen LogP contribution >= 0.6 is 0 Å². The summed E-state index contributed by atoms with van der Waals surface area (Å²) in [6.07, 6.45) is 3.75. The second kappa shape index (κ2) is 8.66. The lowest BCUT2D eigenvalue weighted by molar-refractivity contribution is 0.233. The molecule has 0 aromatic heterocycles.